The predicted molar refractivity (Wildman–Crippen MR) is 58.0 cm³/mol. The molecular formula is C11H10ClNO. The number of allylic oxidation sites excluding steroid dienone is 1. The monoisotopic (exact) mass is 207 g/mol. The Kier molecular flexibility index (Phi) is 3.63. The maximum atomic E-state index is 9.94. The van der Waals surface area contributed by atoms with E-state index in [9.17, 15) is 4.79 Å². The standard InChI is InChI=1S/C11H10ClNO/c1-8(2)10-3-9(6-13-7-14)4-11(12)5-10/h3-5H,1,6H2,2H3. The molecule has 0 unspecified atom stereocenters. The highest BCUT2D eigenvalue weighted by molar-refractivity contribution is 6.30. The Morgan fingerprint density at radius 1 is 1.57 bits per heavy atom. The lowest BCUT2D eigenvalue weighted by atomic mass is 10.1. The number of hydrogen-bond acceptors (Lipinski definition) is 2. The molecule has 0 amide bonds. The zero-order chi connectivity index (χ0) is 10.6. The van der Waals surface area contributed by atoms with Crippen LogP contribution in [-0.2, 0) is 11.3 Å². The maximum Gasteiger partial charge on any atom is 0.235 e. The first-order valence-electron chi connectivity index (χ1n) is 4.12. The lowest BCUT2D eigenvalue weighted by molar-refractivity contribution is 0.563. The van der Waals surface area contributed by atoms with E-state index >= 15 is 0 Å². The molecule has 1 aromatic carbocycles. The van der Waals surface area contributed by atoms with Gasteiger partial charge >= 0.3 is 0 Å². The third-order valence-corrected chi connectivity index (χ3v) is 1.99. The number of nitrogens with zero attached hydrogens (tertiary/aromatic N) is 1. The molecular weight excluding hydrogens is 198 g/mol. The van der Waals surface area contributed by atoms with Crippen LogP contribution in [0.1, 0.15) is 18.1 Å². The van der Waals surface area contributed by atoms with Gasteiger partial charge in [-0.3, -0.25) is 0 Å². The van der Waals surface area contributed by atoms with Gasteiger partial charge in [-0.2, -0.15) is 0 Å². The number of benzene rings is 1. The van der Waals surface area contributed by atoms with Crippen LogP contribution in [0.3, 0.4) is 0 Å². The first-order chi connectivity index (χ1) is 6.63. The Hall–Kier alpha value is -1.37. The lowest BCUT2D eigenvalue weighted by Gasteiger charge is -2.03. The third kappa shape index (κ3) is 2.84. The summed E-state index contributed by atoms with van der Waals surface area (Å²) in [5, 5.41) is 0.626. The van der Waals surface area contributed by atoms with Crippen LogP contribution in [-0.4, -0.2) is 6.08 Å². The van der Waals surface area contributed by atoms with Crippen molar-refractivity contribution in [2.24, 2.45) is 4.99 Å². The van der Waals surface area contributed by atoms with Gasteiger partial charge in [0.15, 0.2) is 0 Å². The molecule has 0 aliphatic heterocycles. The molecule has 0 aliphatic carbocycles. The Balaban J connectivity index is 3.06. The van der Waals surface area contributed by atoms with Gasteiger partial charge in [-0.15, -0.1) is 0 Å². The second-order valence-electron chi connectivity index (χ2n) is 3.04. The summed E-state index contributed by atoms with van der Waals surface area (Å²) in [6.07, 6.45) is 1.49. The van der Waals surface area contributed by atoms with Gasteiger partial charge < -0.3 is 0 Å². The fraction of sp³-hybridized carbons (Fsp3) is 0.182. The molecule has 0 radical (unpaired) electrons. The van der Waals surface area contributed by atoms with Gasteiger partial charge in [0.05, 0.1) is 6.54 Å². The molecule has 0 aliphatic rings. The number of rotatable bonds is 3. The van der Waals surface area contributed by atoms with Gasteiger partial charge in [-0.05, 0) is 36.2 Å². The van der Waals surface area contributed by atoms with Crippen LogP contribution in [0.5, 0.6) is 0 Å². The van der Waals surface area contributed by atoms with Crippen LogP contribution in [0.15, 0.2) is 29.8 Å². The highest BCUT2D eigenvalue weighted by Gasteiger charge is 1.99. The van der Waals surface area contributed by atoms with Crippen molar-refractivity contribution in [1.29, 1.82) is 0 Å². The van der Waals surface area contributed by atoms with Crippen LogP contribution < -0.4 is 0 Å². The number of halogens is 1. The van der Waals surface area contributed by atoms with Gasteiger partial charge in [-0.25, -0.2) is 9.79 Å². The zero-order valence-corrected chi connectivity index (χ0v) is 8.64. The van der Waals surface area contributed by atoms with Gasteiger partial charge in [0.1, 0.15) is 0 Å². The summed E-state index contributed by atoms with van der Waals surface area (Å²) in [7, 11) is 0. The minimum atomic E-state index is 0.310. The first-order valence-corrected chi connectivity index (χ1v) is 4.50. The van der Waals surface area contributed by atoms with E-state index in [-0.39, 0.29) is 0 Å². The second-order valence-corrected chi connectivity index (χ2v) is 3.47. The van der Waals surface area contributed by atoms with Crippen LogP contribution in [0.25, 0.3) is 5.57 Å². The topological polar surface area (TPSA) is 29.4 Å². The molecule has 72 valence electrons. The molecule has 14 heavy (non-hydrogen) atoms. The molecule has 1 aromatic rings. The van der Waals surface area contributed by atoms with Crippen molar-refractivity contribution in [3.63, 3.8) is 0 Å². The maximum absolute atomic E-state index is 9.94. The van der Waals surface area contributed by atoms with Crippen molar-refractivity contribution >= 4 is 23.3 Å². The van der Waals surface area contributed by atoms with Crippen LogP contribution in [0, 0.1) is 0 Å². The molecule has 0 saturated carbocycles. The first kappa shape index (κ1) is 10.7. The number of isocyanates is 1. The highest BCUT2D eigenvalue weighted by Crippen LogP contribution is 2.20. The minimum Gasteiger partial charge on any atom is -0.211 e. The molecule has 3 heteroatoms. The SMILES string of the molecule is C=C(C)c1cc(Cl)cc(CN=C=O)c1. The van der Waals surface area contributed by atoms with Crippen LogP contribution in [0.4, 0.5) is 0 Å². The fourth-order valence-electron chi connectivity index (χ4n) is 1.11. The van der Waals surface area contributed by atoms with Crippen molar-refractivity contribution < 1.29 is 4.79 Å². The molecule has 2 nitrogen and oxygen atoms in total. The van der Waals surface area contributed by atoms with E-state index in [0.29, 0.717) is 11.6 Å². The summed E-state index contributed by atoms with van der Waals surface area (Å²) in [5.41, 5.74) is 2.79. The summed E-state index contributed by atoms with van der Waals surface area (Å²) in [4.78, 5) is 13.4. The normalized spacial score (nSPS) is 9.29. The zero-order valence-electron chi connectivity index (χ0n) is 7.88. The van der Waals surface area contributed by atoms with Gasteiger partial charge in [0, 0.05) is 5.02 Å². The van der Waals surface area contributed by atoms with E-state index in [1.807, 2.05) is 19.1 Å². The summed E-state index contributed by atoms with van der Waals surface area (Å²) in [6.45, 7) is 6.03. The van der Waals surface area contributed by atoms with E-state index in [1.54, 1.807) is 6.07 Å². The molecule has 0 spiro atoms. The van der Waals surface area contributed by atoms with Crippen LogP contribution >= 0.6 is 11.6 Å². The Morgan fingerprint density at radius 3 is 2.86 bits per heavy atom. The van der Waals surface area contributed by atoms with E-state index in [1.165, 1.54) is 6.08 Å². The molecule has 0 heterocycles. The molecule has 0 N–H and O–H groups in total. The number of hydrogen-bond donors (Lipinski definition) is 0. The third-order valence-electron chi connectivity index (χ3n) is 1.78. The largest absolute Gasteiger partial charge is 0.235 e. The van der Waals surface area contributed by atoms with Gasteiger partial charge in [0.25, 0.3) is 0 Å². The van der Waals surface area contributed by atoms with Gasteiger partial charge in [-0.1, -0.05) is 23.8 Å². The highest BCUT2D eigenvalue weighted by atomic mass is 35.5. The number of aliphatic imine (C=N–C) groups is 1. The smallest absolute Gasteiger partial charge is 0.211 e. The summed E-state index contributed by atoms with van der Waals surface area (Å²) in [6, 6.07) is 5.52. The van der Waals surface area contributed by atoms with Crippen molar-refractivity contribution in [3.05, 3.63) is 40.9 Å². The van der Waals surface area contributed by atoms with Gasteiger partial charge in [0.2, 0.25) is 6.08 Å². The molecule has 0 aromatic heterocycles. The Labute approximate surface area is 87.9 Å². The second kappa shape index (κ2) is 4.75. The van der Waals surface area contributed by atoms with Crippen molar-refractivity contribution in [2.75, 3.05) is 0 Å². The molecule has 0 saturated heterocycles. The fourth-order valence-corrected chi connectivity index (χ4v) is 1.37. The lowest BCUT2D eigenvalue weighted by Crippen LogP contribution is -1.85. The number of carbonyl (C=O) groups excluding carboxylic acids is 1. The van der Waals surface area contributed by atoms with E-state index in [4.69, 9.17) is 11.6 Å². The van der Waals surface area contributed by atoms with E-state index < -0.39 is 0 Å². The van der Waals surface area contributed by atoms with Crippen LogP contribution in [0.2, 0.25) is 5.02 Å². The Morgan fingerprint density at radius 2 is 2.29 bits per heavy atom. The molecule has 0 fully saturated rings. The van der Waals surface area contributed by atoms with Crippen molar-refractivity contribution in [3.8, 4) is 0 Å². The molecule has 0 bridgehead atoms. The summed E-state index contributed by atoms with van der Waals surface area (Å²) < 4.78 is 0. The summed E-state index contributed by atoms with van der Waals surface area (Å²) in [5.74, 6) is 0. The Bertz CT molecular complexity index is 406. The van der Waals surface area contributed by atoms with E-state index in [0.717, 1.165) is 16.7 Å². The van der Waals surface area contributed by atoms with Crippen molar-refractivity contribution in [1.82, 2.24) is 0 Å². The van der Waals surface area contributed by atoms with Crippen molar-refractivity contribution in [2.45, 2.75) is 13.5 Å². The predicted octanol–water partition coefficient (Wildman–Crippen LogP) is 3.21. The van der Waals surface area contributed by atoms with E-state index in [2.05, 4.69) is 11.6 Å². The summed E-state index contributed by atoms with van der Waals surface area (Å²) >= 11 is 5.89. The molecule has 1 rings (SSSR count). The quantitative estimate of drug-likeness (QED) is 0.553. The average Bonchev–Trinajstić information content (AvgIpc) is 2.14. The minimum absolute atomic E-state index is 0.310. The average molecular weight is 208 g/mol. The molecule has 0 atom stereocenters.